The van der Waals surface area contributed by atoms with E-state index in [4.69, 9.17) is 9.47 Å². The van der Waals surface area contributed by atoms with E-state index in [1.807, 2.05) is 24.3 Å². The minimum Gasteiger partial charge on any atom is -0.458 e. The van der Waals surface area contributed by atoms with Crippen molar-refractivity contribution < 1.29 is 9.47 Å². The number of hydrogen-bond donors (Lipinski definition) is 0. The molecule has 2 nitrogen and oxygen atoms in total. The summed E-state index contributed by atoms with van der Waals surface area (Å²) in [6.07, 6.45) is 0. The van der Waals surface area contributed by atoms with Crippen LogP contribution < -0.4 is 25.9 Å². The Balaban J connectivity index is 1.41. The highest BCUT2D eigenvalue weighted by atomic mass is 16.5. The van der Waals surface area contributed by atoms with Gasteiger partial charge in [0.25, 0.3) is 6.71 Å². The van der Waals surface area contributed by atoms with Gasteiger partial charge in [-0.15, -0.1) is 0 Å². The first-order chi connectivity index (χ1) is 16.9. The number of para-hydroxylation sites is 1. The van der Waals surface area contributed by atoms with Crippen molar-refractivity contribution in [2.75, 3.05) is 0 Å². The zero-order valence-electron chi connectivity index (χ0n) is 18.5. The standard InChI is InChI=1S/C31H21BO2/c1-3-10-21(11-4-1)30(22-12-5-2-6-13-22)23-18-19-25-29(20-23)34-28-17-9-16-27-31(28)32(25)24-14-7-8-15-26(24)33-27/h1-20,30H. The van der Waals surface area contributed by atoms with Crippen LogP contribution >= 0.6 is 0 Å². The van der Waals surface area contributed by atoms with Crippen LogP contribution in [-0.4, -0.2) is 6.71 Å². The molecule has 2 heterocycles. The highest BCUT2D eigenvalue weighted by Gasteiger charge is 2.40. The Kier molecular flexibility index (Phi) is 4.34. The van der Waals surface area contributed by atoms with Gasteiger partial charge in [0.2, 0.25) is 0 Å². The molecule has 0 saturated carbocycles. The molecular weight excluding hydrogens is 415 g/mol. The lowest BCUT2D eigenvalue weighted by Gasteiger charge is -2.33. The maximum Gasteiger partial charge on any atom is 0.260 e. The smallest absolute Gasteiger partial charge is 0.260 e. The Bertz CT molecular complexity index is 1470. The van der Waals surface area contributed by atoms with Crippen LogP contribution in [0.4, 0.5) is 0 Å². The van der Waals surface area contributed by atoms with Gasteiger partial charge in [0, 0.05) is 11.4 Å². The SMILES string of the molecule is c1ccc(C(c2ccccc2)c2ccc3c(c2)Oc2cccc4c2B3c2ccccc2O4)cc1. The van der Waals surface area contributed by atoms with Crippen molar-refractivity contribution in [3.05, 3.63) is 138 Å². The average molecular weight is 436 g/mol. The monoisotopic (exact) mass is 436 g/mol. The Labute approximate surface area is 199 Å². The van der Waals surface area contributed by atoms with Gasteiger partial charge in [0.15, 0.2) is 0 Å². The first-order valence-corrected chi connectivity index (χ1v) is 11.7. The summed E-state index contributed by atoms with van der Waals surface area (Å²) < 4.78 is 12.8. The van der Waals surface area contributed by atoms with Gasteiger partial charge in [0.05, 0.1) is 0 Å². The van der Waals surface area contributed by atoms with E-state index in [2.05, 4.69) is 97.1 Å². The minimum absolute atomic E-state index is 0.0980. The van der Waals surface area contributed by atoms with Crippen LogP contribution in [0.15, 0.2) is 121 Å². The summed E-state index contributed by atoms with van der Waals surface area (Å²) >= 11 is 0. The molecule has 0 amide bonds. The molecule has 2 aliphatic heterocycles. The molecule has 0 fully saturated rings. The van der Waals surface area contributed by atoms with E-state index in [1.165, 1.54) is 27.6 Å². The summed E-state index contributed by atoms with van der Waals surface area (Å²) in [5.41, 5.74) is 7.23. The van der Waals surface area contributed by atoms with Gasteiger partial charge >= 0.3 is 0 Å². The van der Waals surface area contributed by atoms with Gasteiger partial charge < -0.3 is 9.47 Å². The highest BCUT2D eigenvalue weighted by molar-refractivity contribution is 6.98. The Morgan fingerprint density at radius 2 is 1.00 bits per heavy atom. The normalized spacial score (nSPS) is 12.8. The fraction of sp³-hybridized carbons (Fsp3) is 0.0323. The molecule has 0 aromatic heterocycles. The van der Waals surface area contributed by atoms with Crippen LogP contribution in [0.5, 0.6) is 23.0 Å². The van der Waals surface area contributed by atoms with Crippen molar-refractivity contribution >= 4 is 23.1 Å². The molecule has 0 bridgehead atoms. The van der Waals surface area contributed by atoms with Gasteiger partial charge in [-0.25, -0.2) is 0 Å². The second-order valence-electron chi connectivity index (χ2n) is 8.89. The van der Waals surface area contributed by atoms with Gasteiger partial charge in [-0.1, -0.05) is 97.1 Å². The number of fused-ring (bicyclic) bond motifs is 4. The third-order valence-corrected chi connectivity index (χ3v) is 6.93. The first kappa shape index (κ1) is 19.3. The number of benzene rings is 5. The van der Waals surface area contributed by atoms with E-state index in [-0.39, 0.29) is 12.6 Å². The van der Waals surface area contributed by atoms with Crippen molar-refractivity contribution in [2.24, 2.45) is 0 Å². The highest BCUT2D eigenvalue weighted by Crippen LogP contribution is 2.37. The predicted octanol–water partition coefficient (Wildman–Crippen LogP) is 5.59. The maximum absolute atomic E-state index is 6.52. The van der Waals surface area contributed by atoms with Crippen LogP contribution in [0.25, 0.3) is 0 Å². The fourth-order valence-electron chi connectivity index (χ4n) is 5.44. The molecule has 0 saturated heterocycles. The van der Waals surface area contributed by atoms with Gasteiger partial charge in [-0.2, -0.15) is 0 Å². The van der Waals surface area contributed by atoms with Crippen LogP contribution in [0.1, 0.15) is 22.6 Å². The quantitative estimate of drug-likeness (QED) is 0.266. The average Bonchev–Trinajstić information content (AvgIpc) is 2.90. The molecule has 5 aromatic carbocycles. The molecule has 5 aromatic rings. The fourth-order valence-corrected chi connectivity index (χ4v) is 5.44. The molecule has 0 aliphatic carbocycles. The van der Waals surface area contributed by atoms with Crippen molar-refractivity contribution in [3.63, 3.8) is 0 Å². The van der Waals surface area contributed by atoms with Crippen LogP contribution in [0.3, 0.4) is 0 Å². The van der Waals surface area contributed by atoms with E-state index < -0.39 is 0 Å². The molecule has 0 radical (unpaired) electrons. The molecular formula is C31H21BO2. The Hall–Kier alpha value is -4.24. The second kappa shape index (κ2) is 7.67. The minimum atomic E-state index is 0.0980. The summed E-state index contributed by atoms with van der Waals surface area (Å²) in [7, 11) is 0. The van der Waals surface area contributed by atoms with Gasteiger partial charge in [-0.05, 0) is 51.9 Å². The number of ether oxygens (including phenoxy) is 2. The van der Waals surface area contributed by atoms with Crippen molar-refractivity contribution in [1.82, 2.24) is 0 Å². The molecule has 34 heavy (non-hydrogen) atoms. The summed E-state index contributed by atoms with van der Waals surface area (Å²) in [4.78, 5) is 0. The molecule has 160 valence electrons. The lowest BCUT2D eigenvalue weighted by molar-refractivity contribution is 0.464. The maximum atomic E-state index is 6.52. The Morgan fingerprint density at radius 1 is 0.441 bits per heavy atom. The largest absolute Gasteiger partial charge is 0.458 e. The van der Waals surface area contributed by atoms with Gasteiger partial charge in [-0.3, -0.25) is 0 Å². The van der Waals surface area contributed by atoms with Crippen LogP contribution in [-0.2, 0) is 0 Å². The van der Waals surface area contributed by atoms with Gasteiger partial charge in [0.1, 0.15) is 23.0 Å². The lowest BCUT2D eigenvalue weighted by Crippen LogP contribution is -2.57. The zero-order valence-corrected chi connectivity index (χ0v) is 18.5. The molecule has 7 rings (SSSR count). The summed E-state index contributed by atoms with van der Waals surface area (Å²) in [6, 6.07) is 42.5. The lowest BCUT2D eigenvalue weighted by atomic mass is 9.35. The molecule has 0 N–H and O–H groups in total. The summed E-state index contributed by atoms with van der Waals surface area (Å²) in [5.74, 6) is 3.72. The topological polar surface area (TPSA) is 18.5 Å². The van der Waals surface area contributed by atoms with E-state index in [9.17, 15) is 0 Å². The molecule has 0 atom stereocenters. The zero-order chi connectivity index (χ0) is 22.5. The van der Waals surface area contributed by atoms with Crippen LogP contribution in [0.2, 0.25) is 0 Å². The molecule has 2 aliphatic rings. The molecule has 3 heteroatoms. The van der Waals surface area contributed by atoms with E-state index >= 15 is 0 Å². The predicted molar refractivity (Wildman–Crippen MR) is 138 cm³/mol. The number of rotatable bonds is 3. The number of hydrogen-bond acceptors (Lipinski definition) is 2. The first-order valence-electron chi connectivity index (χ1n) is 11.7. The van der Waals surface area contributed by atoms with E-state index in [0.29, 0.717) is 0 Å². The summed E-state index contributed by atoms with van der Waals surface area (Å²) in [6.45, 7) is 0.0980. The third-order valence-electron chi connectivity index (χ3n) is 6.93. The van der Waals surface area contributed by atoms with Crippen LogP contribution in [0, 0.1) is 0 Å². The molecule has 0 unspecified atom stereocenters. The van der Waals surface area contributed by atoms with Crippen molar-refractivity contribution in [1.29, 1.82) is 0 Å². The molecule has 0 spiro atoms. The van der Waals surface area contributed by atoms with E-state index in [0.717, 1.165) is 28.5 Å². The third kappa shape index (κ3) is 2.98. The van der Waals surface area contributed by atoms with Crippen molar-refractivity contribution in [2.45, 2.75) is 5.92 Å². The van der Waals surface area contributed by atoms with E-state index in [1.54, 1.807) is 0 Å². The Morgan fingerprint density at radius 3 is 1.71 bits per heavy atom. The summed E-state index contributed by atoms with van der Waals surface area (Å²) in [5, 5.41) is 0. The van der Waals surface area contributed by atoms with Crippen molar-refractivity contribution in [3.8, 4) is 23.0 Å². The second-order valence-corrected chi connectivity index (χ2v) is 8.89.